The van der Waals surface area contributed by atoms with Crippen LogP contribution in [0.4, 0.5) is 0 Å². The molecule has 2 amide bonds. The molecular formula is C21H26N6O5S. The molecule has 12 heteroatoms. The summed E-state index contributed by atoms with van der Waals surface area (Å²) in [5.41, 5.74) is 1.19. The normalized spacial score (nSPS) is 20.3. The van der Waals surface area contributed by atoms with Crippen LogP contribution in [0.15, 0.2) is 35.4 Å². The zero-order valence-corrected chi connectivity index (χ0v) is 19.0. The van der Waals surface area contributed by atoms with Gasteiger partial charge < -0.3 is 14.5 Å². The molecule has 11 nitrogen and oxygen atoms in total. The number of carbonyl (C=O) groups is 2. The highest BCUT2D eigenvalue weighted by molar-refractivity contribution is 7.89. The third-order valence-corrected chi connectivity index (χ3v) is 8.23. The van der Waals surface area contributed by atoms with Gasteiger partial charge >= 0.3 is 0 Å². The Labute approximate surface area is 191 Å². The van der Waals surface area contributed by atoms with Crippen LogP contribution in [0.5, 0.6) is 0 Å². The fourth-order valence-electron chi connectivity index (χ4n) is 4.31. The van der Waals surface area contributed by atoms with Crippen molar-refractivity contribution in [1.29, 1.82) is 0 Å². The summed E-state index contributed by atoms with van der Waals surface area (Å²) in [7, 11) is -3.59. The van der Waals surface area contributed by atoms with Gasteiger partial charge in [0.05, 0.1) is 36.9 Å². The number of benzene rings is 1. The summed E-state index contributed by atoms with van der Waals surface area (Å²) in [6.45, 7) is 3.65. The lowest BCUT2D eigenvalue weighted by Crippen LogP contribution is -2.50. The van der Waals surface area contributed by atoms with Gasteiger partial charge in [0.15, 0.2) is 0 Å². The van der Waals surface area contributed by atoms with Gasteiger partial charge in [0, 0.05) is 44.7 Å². The number of rotatable bonds is 6. The SMILES string of the molecule is O=C1CCCN1Cc1cn(C2CN(C(=O)c3ccc(S(=O)(=O)N4CCOCC4)cc3)C2)nn1. The Hall–Kier alpha value is -2.83. The lowest BCUT2D eigenvalue weighted by molar-refractivity contribution is -0.128. The van der Waals surface area contributed by atoms with E-state index in [0.717, 1.165) is 18.7 Å². The summed E-state index contributed by atoms with van der Waals surface area (Å²) < 4.78 is 33.8. The molecule has 3 aliphatic heterocycles. The average Bonchev–Trinajstić information content (AvgIpc) is 3.42. The van der Waals surface area contributed by atoms with Crippen molar-refractivity contribution < 1.29 is 22.7 Å². The Bertz CT molecular complexity index is 1140. The number of likely N-dealkylation sites (tertiary alicyclic amines) is 2. The van der Waals surface area contributed by atoms with Crippen molar-refractivity contribution in [2.24, 2.45) is 0 Å². The second-order valence-electron chi connectivity index (χ2n) is 8.51. The van der Waals surface area contributed by atoms with E-state index in [1.807, 2.05) is 6.20 Å². The van der Waals surface area contributed by atoms with E-state index in [0.29, 0.717) is 57.9 Å². The molecule has 176 valence electrons. The van der Waals surface area contributed by atoms with Crippen LogP contribution in [0.3, 0.4) is 0 Å². The Morgan fingerprint density at radius 2 is 1.82 bits per heavy atom. The number of nitrogens with zero attached hydrogens (tertiary/aromatic N) is 6. The standard InChI is InChI=1S/C21H26N6O5S/c28-20-2-1-7-24(20)12-17-13-27(23-22-17)18-14-25(15-18)21(29)16-3-5-19(6-4-16)33(30,31)26-8-10-32-11-9-26/h3-6,13,18H,1-2,7-12,14-15H2. The predicted molar refractivity (Wildman–Crippen MR) is 116 cm³/mol. The van der Waals surface area contributed by atoms with Gasteiger partial charge in [0.1, 0.15) is 5.69 Å². The smallest absolute Gasteiger partial charge is 0.254 e. The molecule has 0 saturated carbocycles. The second kappa shape index (κ2) is 8.84. The first-order chi connectivity index (χ1) is 15.9. The maximum absolute atomic E-state index is 12.8. The molecule has 0 spiro atoms. The van der Waals surface area contributed by atoms with Crippen molar-refractivity contribution in [2.75, 3.05) is 45.9 Å². The minimum absolute atomic E-state index is 0.0328. The molecule has 5 rings (SSSR count). The number of hydrogen-bond donors (Lipinski definition) is 0. The Morgan fingerprint density at radius 3 is 2.48 bits per heavy atom. The number of carbonyl (C=O) groups excluding carboxylic acids is 2. The highest BCUT2D eigenvalue weighted by Gasteiger charge is 2.34. The van der Waals surface area contributed by atoms with Crippen LogP contribution < -0.4 is 0 Å². The summed E-state index contributed by atoms with van der Waals surface area (Å²) in [5, 5.41) is 8.33. The van der Waals surface area contributed by atoms with E-state index < -0.39 is 10.0 Å². The summed E-state index contributed by atoms with van der Waals surface area (Å²) in [6.07, 6.45) is 3.31. The molecule has 0 bridgehead atoms. The predicted octanol–water partition coefficient (Wildman–Crippen LogP) is 0.119. The Balaban J connectivity index is 1.17. The van der Waals surface area contributed by atoms with Gasteiger partial charge in [0.2, 0.25) is 15.9 Å². The highest BCUT2D eigenvalue weighted by Crippen LogP contribution is 2.24. The van der Waals surface area contributed by atoms with Crippen LogP contribution in [0.2, 0.25) is 0 Å². The van der Waals surface area contributed by atoms with Gasteiger partial charge in [0.25, 0.3) is 5.91 Å². The van der Waals surface area contributed by atoms with Crippen molar-refractivity contribution in [3.8, 4) is 0 Å². The molecule has 0 N–H and O–H groups in total. The fourth-order valence-corrected chi connectivity index (χ4v) is 5.72. The summed E-state index contributed by atoms with van der Waals surface area (Å²) in [4.78, 5) is 28.2. The average molecular weight is 475 g/mol. The van der Waals surface area contributed by atoms with Crippen LogP contribution in [0.1, 0.15) is 34.9 Å². The molecule has 33 heavy (non-hydrogen) atoms. The van der Waals surface area contributed by atoms with Crippen molar-refractivity contribution in [1.82, 2.24) is 29.1 Å². The van der Waals surface area contributed by atoms with Gasteiger partial charge in [-0.15, -0.1) is 5.10 Å². The molecular weight excluding hydrogens is 448 g/mol. The van der Waals surface area contributed by atoms with Gasteiger partial charge in [-0.2, -0.15) is 4.31 Å². The lowest BCUT2D eigenvalue weighted by Gasteiger charge is -2.38. The number of aromatic nitrogens is 3. The van der Waals surface area contributed by atoms with Crippen molar-refractivity contribution >= 4 is 21.8 Å². The minimum atomic E-state index is -3.59. The Kier molecular flexibility index (Phi) is 5.89. The zero-order chi connectivity index (χ0) is 23.0. The summed E-state index contributed by atoms with van der Waals surface area (Å²) in [5.74, 6) is -0.00157. The number of amides is 2. The number of sulfonamides is 1. The minimum Gasteiger partial charge on any atom is -0.379 e. The monoisotopic (exact) mass is 474 g/mol. The van der Waals surface area contributed by atoms with E-state index in [1.54, 1.807) is 26.6 Å². The first kappa shape index (κ1) is 22.0. The molecule has 3 fully saturated rings. The first-order valence-electron chi connectivity index (χ1n) is 11.1. The van der Waals surface area contributed by atoms with E-state index in [2.05, 4.69) is 10.3 Å². The maximum Gasteiger partial charge on any atom is 0.254 e. The lowest BCUT2D eigenvalue weighted by atomic mass is 10.1. The van der Waals surface area contributed by atoms with E-state index in [-0.39, 0.29) is 22.8 Å². The van der Waals surface area contributed by atoms with Crippen molar-refractivity contribution in [3.05, 3.63) is 41.7 Å². The highest BCUT2D eigenvalue weighted by atomic mass is 32.2. The molecule has 0 radical (unpaired) electrons. The molecule has 0 aliphatic carbocycles. The van der Waals surface area contributed by atoms with Crippen molar-refractivity contribution in [3.63, 3.8) is 0 Å². The van der Waals surface area contributed by atoms with Crippen LogP contribution >= 0.6 is 0 Å². The second-order valence-corrected chi connectivity index (χ2v) is 10.5. The van der Waals surface area contributed by atoms with E-state index in [4.69, 9.17) is 4.74 Å². The third kappa shape index (κ3) is 4.37. The van der Waals surface area contributed by atoms with Gasteiger partial charge in [-0.05, 0) is 30.7 Å². The van der Waals surface area contributed by atoms with Crippen molar-refractivity contribution in [2.45, 2.75) is 30.3 Å². The molecule has 3 aliphatic rings. The number of hydrogen-bond acceptors (Lipinski definition) is 7. The Morgan fingerprint density at radius 1 is 1.09 bits per heavy atom. The molecule has 1 aromatic carbocycles. The van der Waals surface area contributed by atoms with E-state index in [9.17, 15) is 18.0 Å². The fraction of sp³-hybridized carbons (Fsp3) is 0.524. The maximum atomic E-state index is 12.8. The van der Waals surface area contributed by atoms with Crippen LogP contribution in [-0.4, -0.2) is 95.3 Å². The zero-order valence-electron chi connectivity index (χ0n) is 18.2. The molecule has 0 unspecified atom stereocenters. The summed E-state index contributed by atoms with van der Waals surface area (Å²) in [6, 6.07) is 6.12. The molecule has 0 atom stereocenters. The molecule has 1 aromatic heterocycles. The molecule has 4 heterocycles. The summed E-state index contributed by atoms with van der Waals surface area (Å²) >= 11 is 0. The molecule has 3 saturated heterocycles. The van der Waals surface area contributed by atoms with Crippen LogP contribution in [0.25, 0.3) is 0 Å². The largest absolute Gasteiger partial charge is 0.379 e. The third-order valence-electron chi connectivity index (χ3n) is 6.31. The van der Waals surface area contributed by atoms with Gasteiger partial charge in [-0.25, -0.2) is 13.1 Å². The first-order valence-corrected chi connectivity index (χ1v) is 12.5. The van der Waals surface area contributed by atoms with Gasteiger partial charge in [-0.1, -0.05) is 5.21 Å². The quantitative estimate of drug-likeness (QED) is 0.583. The van der Waals surface area contributed by atoms with E-state index in [1.165, 1.54) is 16.4 Å². The van der Waals surface area contributed by atoms with Crippen LogP contribution in [0, 0.1) is 0 Å². The topological polar surface area (TPSA) is 118 Å². The number of morpholine rings is 1. The number of ether oxygens (including phenoxy) is 1. The van der Waals surface area contributed by atoms with Gasteiger partial charge in [-0.3, -0.25) is 9.59 Å². The molecule has 2 aromatic rings. The van der Waals surface area contributed by atoms with Crippen LogP contribution in [-0.2, 0) is 26.1 Å². The van der Waals surface area contributed by atoms with E-state index >= 15 is 0 Å².